The van der Waals surface area contributed by atoms with Gasteiger partial charge in [0, 0.05) is 35.8 Å². The molecule has 0 saturated carbocycles. The molecule has 4 rings (SSSR count). The van der Waals surface area contributed by atoms with Crippen LogP contribution in [0.5, 0.6) is 0 Å². The van der Waals surface area contributed by atoms with Crippen molar-refractivity contribution in [2.45, 2.75) is 55.7 Å². The number of unbranched alkanes of at least 4 members (excludes halogenated alkanes) is 1. The summed E-state index contributed by atoms with van der Waals surface area (Å²) < 4.78 is 6.91. The minimum absolute atomic E-state index is 0.109. The molecule has 2 aromatic heterocycles. The zero-order valence-corrected chi connectivity index (χ0v) is 19.2. The second-order valence-corrected chi connectivity index (χ2v) is 10.1. The molecule has 6 nitrogen and oxygen atoms in total. The summed E-state index contributed by atoms with van der Waals surface area (Å²) in [6, 6.07) is 8.05. The van der Waals surface area contributed by atoms with Gasteiger partial charge in [0.2, 0.25) is 0 Å². The van der Waals surface area contributed by atoms with Gasteiger partial charge in [-0.2, -0.15) is 0 Å². The maximum atomic E-state index is 13.1. The van der Waals surface area contributed by atoms with Gasteiger partial charge in [-0.3, -0.25) is 4.79 Å². The predicted octanol–water partition coefficient (Wildman–Crippen LogP) is 4.88. The third kappa shape index (κ3) is 5.04. The molecule has 1 N–H and O–H groups in total. The SMILES string of the molecule is CCCCN1CCC(NC(=O)c2oc3ccccc3c2CSc2nnc(C)s2)CC1. The van der Waals surface area contributed by atoms with Gasteiger partial charge in [0.25, 0.3) is 5.91 Å². The second kappa shape index (κ2) is 9.94. The summed E-state index contributed by atoms with van der Waals surface area (Å²) in [6.45, 7) is 7.42. The van der Waals surface area contributed by atoms with Gasteiger partial charge < -0.3 is 14.6 Å². The third-order valence-corrected chi connectivity index (χ3v) is 7.50. The maximum absolute atomic E-state index is 13.1. The van der Waals surface area contributed by atoms with Crippen molar-refractivity contribution in [1.29, 1.82) is 0 Å². The van der Waals surface area contributed by atoms with Gasteiger partial charge in [0.05, 0.1) is 0 Å². The second-order valence-electron chi connectivity index (χ2n) is 7.72. The fourth-order valence-corrected chi connectivity index (χ4v) is 5.67. The number of carbonyl (C=O) groups excluding carboxylic acids is 1. The molecule has 30 heavy (non-hydrogen) atoms. The lowest BCUT2D eigenvalue weighted by atomic mass is 10.0. The fourth-order valence-electron chi connectivity index (χ4n) is 3.83. The van der Waals surface area contributed by atoms with Crippen molar-refractivity contribution in [2.24, 2.45) is 0 Å². The molecule has 1 fully saturated rings. The highest BCUT2D eigenvalue weighted by atomic mass is 32.2. The molecule has 0 unspecified atom stereocenters. The Hall–Kier alpha value is -1.90. The Morgan fingerprint density at radius 1 is 1.30 bits per heavy atom. The number of nitrogens with one attached hydrogen (secondary N) is 1. The summed E-state index contributed by atoms with van der Waals surface area (Å²) in [5, 5.41) is 13.4. The molecule has 1 aliphatic rings. The summed E-state index contributed by atoms with van der Waals surface area (Å²) >= 11 is 3.17. The van der Waals surface area contributed by atoms with E-state index in [-0.39, 0.29) is 11.9 Å². The van der Waals surface area contributed by atoms with Crippen LogP contribution in [0.25, 0.3) is 11.0 Å². The van der Waals surface area contributed by atoms with Gasteiger partial charge in [-0.1, -0.05) is 54.6 Å². The number of piperidine rings is 1. The number of rotatable bonds is 8. The number of aromatic nitrogens is 2. The van der Waals surface area contributed by atoms with E-state index in [0.29, 0.717) is 11.5 Å². The molecule has 0 spiro atoms. The third-order valence-electron chi connectivity index (χ3n) is 5.50. The van der Waals surface area contributed by atoms with Crippen LogP contribution in [0.4, 0.5) is 0 Å². The van der Waals surface area contributed by atoms with E-state index in [0.717, 1.165) is 58.4 Å². The number of nitrogens with zero attached hydrogens (tertiary/aromatic N) is 3. The Balaban J connectivity index is 1.45. The number of carbonyl (C=O) groups is 1. The lowest BCUT2D eigenvalue weighted by molar-refractivity contribution is 0.0884. The van der Waals surface area contributed by atoms with E-state index >= 15 is 0 Å². The topological polar surface area (TPSA) is 71.3 Å². The van der Waals surface area contributed by atoms with Gasteiger partial charge in [-0.25, -0.2) is 0 Å². The van der Waals surface area contributed by atoms with Gasteiger partial charge >= 0.3 is 0 Å². The Morgan fingerprint density at radius 2 is 2.10 bits per heavy atom. The molecule has 1 saturated heterocycles. The first-order valence-corrected chi connectivity index (χ1v) is 12.4. The number of hydrogen-bond donors (Lipinski definition) is 1. The normalized spacial score (nSPS) is 15.7. The van der Waals surface area contributed by atoms with Crippen molar-refractivity contribution < 1.29 is 9.21 Å². The predicted molar refractivity (Wildman–Crippen MR) is 122 cm³/mol. The van der Waals surface area contributed by atoms with Crippen LogP contribution in [-0.2, 0) is 5.75 Å². The molecule has 3 aromatic rings. The molecule has 0 aliphatic carbocycles. The van der Waals surface area contributed by atoms with Crippen molar-refractivity contribution >= 4 is 40.0 Å². The highest BCUT2D eigenvalue weighted by molar-refractivity contribution is 8.00. The number of para-hydroxylation sites is 1. The van der Waals surface area contributed by atoms with E-state index in [4.69, 9.17) is 4.42 Å². The quantitative estimate of drug-likeness (QED) is 0.499. The first kappa shape index (κ1) is 21.3. The molecule has 0 bridgehead atoms. The molecule has 0 atom stereocenters. The Bertz CT molecular complexity index is 992. The van der Waals surface area contributed by atoms with E-state index in [1.54, 1.807) is 23.1 Å². The van der Waals surface area contributed by atoms with Crippen molar-refractivity contribution in [2.75, 3.05) is 19.6 Å². The van der Waals surface area contributed by atoms with Crippen molar-refractivity contribution in [3.8, 4) is 0 Å². The zero-order chi connectivity index (χ0) is 20.9. The van der Waals surface area contributed by atoms with E-state index < -0.39 is 0 Å². The number of amides is 1. The number of aryl methyl sites for hydroxylation is 1. The molecule has 0 radical (unpaired) electrons. The molecule has 8 heteroatoms. The average Bonchev–Trinajstić information content (AvgIpc) is 3.35. The lowest BCUT2D eigenvalue weighted by Crippen LogP contribution is -2.44. The number of fused-ring (bicyclic) bond motifs is 1. The van der Waals surface area contributed by atoms with E-state index in [9.17, 15) is 4.79 Å². The van der Waals surface area contributed by atoms with Gasteiger partial charge in [-0.05, 0) is 38.8 Å². The van der Waals surface area contributed by atoms with Crippen LogP contribution >= 0.6 is 23.1 Å². The molecular weight excluding hydrogens is 416 g/mol. The van der Waals surface area contributed by atoms with Crippen LogP contribution in [-0.4, -0.2) is 46.7 Å². The highest BCUT2D eigenvalue weighted by Gasteiger charge is 2.25. The summed E-state index contributed by atoms with van der Waals surface area (Å²) in [5.41, 5.74) is 1.68. The fraction of sp³-hybridized carbons (Fsp3) is 0.500. The number of benzene rings is 1. The average molecular weight is 445 g/mol. The largest absolute Gasteiger partial charge is 0.451 e. The molecule has 160 valence electrons. The summed E-state index contributed by atoms with van der Waals surface area (Å²) in [7, 11) is 0. The standard InChI is InChI=1S/C22H28N4O2S2/c1-3-4-11-26-12-9-16(10-13-26)23-21(27)20-18(14-29-22-25-24-15(2)30-22)17-7-5-6-8-19(17)28-20/h5-8,16H,3-4,9-14H2,1-2H3,(H,23,27). The Kier molecular flexibility index (Phi) is 7.07. The maximum Gasteiger partial charge on any atom is 0.287 e. The molecule has 3 heterocycles. The van der Waals surface area contributed by atoms with E-state index in [1.165, 1.54) is 12.8 Å². The van der Waals surface area contributed by atoms with Crippen molar-refractivity contribution in [3.05, 3.63) is 40.6 Å². The van der Waals surface area contributed by atoms with Gasteiger partial charge in [0.15, 0.2) is 10.1 Å². The minimum atomic E-state index is -0.109. The van der Waals surface area contributed by atoms with Crippen LogP contribution in [0.2, 0.25) is 0 Å². The van der Waals surface area contributed by atoms with Crippen LogP contribution in [0.1, 0.15) is 53.7 Å². The van der Waals surface area contributed by atoms with Gasteiger partial charge in [-0.15, -0.1) is 10.2 Å². The number of thioether (sulfide) groups is 1. The molecule has 1 aliphatic heterocycles. The molecular formula is C22H28N4O2S2. The van der Waals surface area contributed by atoms with Crippen LogP contribution < -0.4 is 5.32 Å². The number of furan rings is 1. The molecule has 1 aromatic carbocycles. The summed E-state index contributed by atoms with van der Waals surface area (Å²) in [6.07, 6.45) is 4.44. The first-order chi connectivity index (χ1) is 14.6. The molecule has 1 amide bonds. The van der Waals surface area contributed by atoms with Crippen LogP contribution in [0.15, 0.2) is 33.0 Å². The Labute approximate surface area is 185 Å². The minimum Gasteiger partial charge on any atom is -0.451 e. The highest BCUT2D eigenvalue weighted by Crippen LogP contribution is 2.33. The number of hydrogen-bond acceptors (Lipinski definition) is 7. The number of likely N-dealkylation sites (tertiary alicyclic amines) is 1. The summed E-state index contributed by atoms with van der Waals surface area (Å²) in [5.74, 6) is 0.949. The van der Waals surface area contributed by atoms with Crippen LogP contribution in [0.3, 0.4) is 0 Å². The summed E-state index contributed by atoms with van der Waals surface area (Å²) in [4.78, 5) is 15.6. The zero-order valence-electron chi connectivity index (χ0n) is 17.5. The van der Waals surface area contributed by atoms with Gasteiger partial charge in [0.1, 0.15) is 10.6 Å². The van der Waals surface area contributed by atoms with Crippen LogP contribution in [0, 0.1) is 6.92 Å². The monoisotopic (exact) mass is 444 g/mol. The van der Waals surface area contributed by atoms with Crippen molar-refractivity contribution in [1.82, 2.24) is 20.4 Å². The van der Waals surface area contributed by atoms with E-state index in [1.807, 2.05) is 31.2 Å². The Morgan fingerprint density at radius 3 is 2.83 bits per heavy atom. The van der Waals surface area contributed by atoms with Crippen molar-refractivity contribution in [3.63, 3.8) is 0 Å². The lowest BCUT2D eigenvalue weighted by Gasteiger charge is -2.32. The van der Waals surface area contributed by atoms with E-state index in [2.05, 4.69) is 27.3 Å². The smallest absolute Gasteiger partial charge is 0.287 e. The first-order valence-electron chi connectivity index (χ1n) is 10.6.